The molecule has 1 aliphatic rings. The van der Waals surface area contributed by atoms with E-state index in [4.69, 9.17) is 19.2 Å². The first-order chi connectivity index (χ1) is 13.6. The zero-order valence-electron chi connectivity index (χ0n) is 18.4. The molecule has 1 saturated carbocycles. The molecule has 1 aliphatic carbocycles. The summed E-state index contributed by atoms with van der Waals surface area (Å²) in [6, 6.07) is 6.27. The molecule has 0 saturated heterocycles. The van der Waals surface area contributed by atoms with Gasteiger partial charge in [0.2, 0.25) is 0 Å². The number of aliphatic imine (C=N–C) groups is 1. The Bertz CT molecular complexity index is 621. The lowest BCUT2D eigenvalue weighted by atomic mass is 10.0. The lowest BCUT2D eigenvalue weighted by molar-refractivity contribution is 0.110. The number of nitrogens with zero attached hydrogens (tertiary/aromatic N) is 1. The average molecular weight is 519 g/mol. The van der Waals surface area contributed by atoms with Crippen molar-refractivity contribution in [2.75, 3.05) is 46.6 Å². The van der Waals surface area contributed by atoms with Crippen molar-refractivity contribution in [1.82, 2.24) is 10.6 Å². The Morgan fingerprint density at radius 2 is 1.93 bits per heavy atom. The molecule has 0 aromatic heterocycles. The highest BCUT2D eigenvalue weighted by Crippen LogP contribution is 2.48. The quantitative estimate of drug-likeness (QED) is 0.179. The van der Waals surface area contributed by atoms with Crippen molar-refractivity contribution in [2.24, 2.45) is 10.4 Å². The van der Waals surface area contributed by atoms with Crippen LogP contribution in [-0.2, 0) is 16.0 Å². The first-order valence-corrected chi connectivity index (χ1v) is 10.4. The third kappa shape index (κ3) is 9.53. The molecule has 0 amide bonds. The van der Waals surface area contributed by atoms with Gasteiger partial charge in [0, 0.05) is 39.0 Å². The van der Waals surface area contributed by atoms with E-state index in [-0.39, 0.29) is 24.0 Å². The van der Waals surface area contributed by atoms with Crippen LogP contribution in [-0.4, -0.2) is 52.6 Å². The number of nitrogens with one attached hydrogen (secondary N) is 2. The number of aryl methyl sites for hydroxylation is 1. The summed E-state index contributed by atoms with van der Waals surface area (Å²) in [7, 11) is 1.77. The van der Waals surface area contributed by atoms with E-state index >= 15 is 0 Å². The maximum atomic E-state index is 5.93. The summed E-state index contributed by atoms with van der Waals surface area (Å²) in [6.45, 7) is 11.2. The molecular formula is C22H38IN3O3. The first-order valence-electron chi connectivity index (χ1n) is 10.4. The number of halogens is 1. The number of methoxy groups -OCH3 is 1. The maximum Gasteiger partial charge on any atom is 0.191 e. The average Bonchev–Trinajstić information content (AvgIpc) is 3.47. The molecule has 0 heterocycles. The minimum Gasteiger partial charge on any atom is -0.491 e. The van der Waals surface area contributed by atoms with Gasteiger partial charge in [-0.05, 0) is 57.1 Å². The topological polar surface area (TPSA) is 64.1 Å². The van der Waals surface area contributed by atoms with Gasteiger partial charge in [0.1, 0.15) is 12.4 Å². The van der Waals surface area contributed by atoms with E-state index < -0.39 is 0 Å². The van der Waals surface area contributed by atoms with Gasteiger partial charge in [0.05, 0.1) is 13.2 Å². The molecule has 0 spiro atoms. The Labute approximate surface area is 193 Å². The second-order valence-electron chi connectivity index (χ2n) is 7.45. The molecule has 0 unspecified atom stereocenters. The highest BCUT2D eigenvalue weighted by molar-refractivity contribution is 14.0. The van der Waals surface area contributed by atoms with Gasteiger partial charge in [0.15, 0.2) is 5.96 Å². The summed E-state index contributed by atoms with van der Waals surface area (Å²) in [5.74, 6) is 1.74. The smallest absolute Gasteiger partial charge is 0.191 e. The minimum absolute atomic E-state index is 0. The van der Waals surface area contributed by atoms with Gasteiger partial charge in [-0.15, -0.1) is 24.0 Å². The number of rotatable bonds is 13. The van der Waals surface area contributed by atoms with Gasteiger partial charge in [-0.25, -0.2) is 4.99 Å². The first kappa shape index (κ1) is 26.0. The van der Waals surface area contributed by atoms with Crippen LogP contribution in [0.25, 0.3) is 0 Å². The maximum absolute atomic E-state index is 5.93. The van der Waals surface area contributed by atoms with Crippen LogP contribution in [0.15, 0.2) is 23.2 Å². The number of hydrogen-bond acceptors (Lipinski definition) is 4. The monoisotopic (exact) mass is 519 g/mol. The van der Waals surface area contributed by atoms with Crippen molar-refractivity contribution >= 4 is 29.9 Å². The molecular weight excluding hydrogens is 481 g/mol. The van der Waals surface area contributed by atoms with E-state index in [1.54, 1.807) is 7.11 Å². The van der Waals surface area contributed by atoms with Crippen LogP contribution in [0.4, 0.5) is 0 Å². The fourth-order valence-electron chi connectivity index (χ4n) is 3.07. The third-order valence-corrected chi connectivity index (χ3v) is 5.09. The molecule has 6 nitrogen and oxygen atoms in total. The molecule has 0 aliphatic heterocycles. The van der Waals surface area contributed by atoms with Crippen LogP contribution >= 0.6 is 24.0 Å². The van der Waals surface area contributed by atoms with Gasteiger partial charge in [0.25, 0.3) is 0 Å². The van der Waals surface area contributed by atoms with E-state index in [9.17, 15) is 0 Å². The van der Waals surface area contributed by atoms with Crippen molar-refractivity contribution in [3.05, 3.63) is 29.3 Å². The van der Waals surface area contributed by atoms with Gasteiger partial charge < -0.3 is 24.8 Å². The SMILES string of the molecule is CCNC(=NCc1ccc(C)cc1OCCOCC)NCC1(CCOC)CC1.I. The van der Waals surface area contributed by atoms with Crippen molar-refractivity contribution in [1.29, 1.82) is 0 Å². The van der Waals surface area contributed by atoms with Crippen molar-refractivity contribution in [3.63, 3.8) is 0 Å². The molecule has 29 heavy (non-hydrogen) atoms. The second kappa shape index (κ2) is 14.0. The lowest BCUT2D eigenvalue weighted by Crippen LogP contribution is -2.40. The number of ether oxygens (including phenoxy) is 3. The normalized spacial score (nSPS) is 14.8. The van der Waals surface area contributed by atoms with Gasteiger partial charge in [-0.3, -0.25) is 0 Å². The van der Waals surface area contributed by atoms with Gasteiger partial charge in [-0.1, -0.05) is 12.1 Å². The van der Waals surface area contributed by atoms with Crippen LogP contribution in [0.5, 0.6) is 5.75 Å². The Morgan fingerprint density at radius 3 is 2.59 bits per heavy atom. The van der Waals surface area contributed by atoms with E-state index in [1.807, 2.05) is 6.92 Å². The molecule has 0 radical (unpaired) electrons. The minimum atomic E-state index is 0. The van der Waals surface area contributed by atoms with Crippen molar-refractivity contribution in [3.8, 4) is 5.75 Å². The predicted molar refractivity (Wildman–Crippen MR) is 130 cm³/mol. The Kier molecular flexibility index (Phi) is 12.6. The van der Waals surface area contributed by atoms with E-state index in [0.29, 0.717) is 31.8 Å². The predicted octanol–water partition coefficient (Wildman–Crippen LogP) is 3.90. The van der Waals surface area contributed by atoms with Gasteiger partial charge >= 0.3 is 0 Å². The van der Waals surface area contributed by atoms with Crippen LogP contribution < -0.4 is 15.4 Å². The van der Waals surface area contributed by atoms with Gasteiger partial charge in [-0.2, -0.15) is 0 Å². The second-order valence-corrected chi connectivity index (χ2v) is 7.45. The Morgan fingerprint density at radius 1 is 1.14 bits per heavy atom. The van der Waals surface area contributed by atoms with E-state index in [1.165, 1.54) is 18.4 Å². The van der Waals surface area contributed by atoms with E-state index in [2.05, 4.69) is 42.7 Å². The molecule has 1 fully saturated rings. The van der Waals surface area contributed by atoms with Crippen molar-refractivity contribution < 1.29 is 14.2 Å². The Hall–Kier alpha value is -1.06. The van der Waals surface area contributed by atoms with Crippen molar-refractivity contribution in [2.45, 2.75) is 46.6 Å². The molecule has 1 aromatic rings. The molecule has 2 N–H and O–H groups in total. The zero-order chi connectivity index (χ0) is 20.2. The summed E-state index contributed by atoms with van der Waals surface area (Å²) in [4.78, 5) is 4.78. The molecule has 7 heteroatoms. The van der Waals surface area contributed by atoms with Crippen LogP contribution in [0.3, 0.4) is 0 Å². The summed E-state index contributed by atoms with van der Waals surface area (Å²) in [5, 5.41) is 6.86. The number of guanidine groups is 1. The standard InChI is InChI=1S/C22H37N3O3.HI/c1-5-23-21(25-17-22(9-10-22)11-12-26-4)24-16-19-8-7-18(3)15-20(19)28-14-13-27-6-2;/h7-8,15H,5-6,9-14,16-17H2,1-4H3,(H2,23,24,25);1H. The Balaban J connectivity index is 0.00000420. The van der Waals surface area contributed by atoms with Crippen LogP contribution in [0, 0.1) is 12.3 Å². The largest absolute Gasteiger partial charge is 0.491 e. The molecule has 0 atom stereocenters. The number of benzene rings is 1. The highest BCUT2D eigenvalue weighted by Gasteiger charge is 2.41. The zero-order valence-corrected chi connectivity index (χ0v) is 20.7. The number of hydrogen-bond donors (Lipinski definition) is 2. The molecule has 0 bridgehead atoms. The fourth-order valence-corrected chi connectivity index (χ4v) is 3.07. The summed E-state index contributed by atoms with van der Waals surface area (Å²) >= 11 is 0. The summed E-state index contributed by atoms with van der Waals surface area (Å²) < 4.78 is 16.6. The fraction of sp³-hybridized carbons (Fsp3) is 0.682. The van der Waals surface area contributed by atoms with Crippen LogP contribution in [0.2, 0.25) is 0 Å². The molecule has 1 aromatic carbocycles. The summed E-state index contributed by atoms with van der Waals surface area (Å²) in [6.07, 6.45) is 3.63. The lowest BCUT2D eigenvalue weighted by Gasteiger charge is -2.18. The summed E-state index contributed by atoms with van der Waals surface area (Å²) in [5.41, 5.74) is 2.64. The molecule has 2 rings (SSSR count). The van der Waals surface area contributed by atoms with E-state index in [0.717, 1.165) is 43.4 Å². The third-order valence-electron chi connectivity index (χ3n) is 5.09. The van der Waals surface area contributed by atoms with Crippen LogP contribution in [0.1, 0.15) is 44.2 Å². The molecule has 166 valence electrons. The highest BCUT2D eigenvalue weighted by atomic mass is 127.